The number of amides is 3. The van der Waals surface area contributed by atoms with Crippen molar-refractivity contribution in [3.05, 3.63) is 33.8 Å². The van der Waals surface area contributed by atoms with Crippen LogP contribution in [-0.4, -0.2) is 47.2 Å². The third kappa shape index (κ3) is 3.94. The number of likely N-dealkylation sites (tertiary alicyclic amines) is 1. The van der Waals surface area contributed by atoms with Crippen LogP contribution in [-0.2, 0) is 4.79 Å². The van der Waals surface area contributed by atoms with Gasteiger partial charge in [-0.25, -0.2) is 0 Å². The van der Waals surface area contributed by atoms with Crippen molar-refractivity contribution < 1.29 is 14.4 Å². The smallest absolute Gasteiger partial charge is 0.261 e. The minimum absolute atomic E-state index is 0.133. The molecule has 6 heteroatoms. The van der Waals surface area contributed by atoms with Crippen LogP contribution < -0.4 is 0 Å². The fraction of sp³-hybridized carbons (Fsp3) is 0.526. The van der Waals surface area contributed by atoms with E-state index in [0.29, 0.717) is 36.4 Å². The molecule has 1 aromatic rings. The van der Waals surface area contributed by atoms with E-state index in [4.69, 9.17) is 0 Å². The molecule has 2 heterocycles. The highest BCUT2D eigenvalue weighted by Gasteiger charge is 2.35. The van der Waals surface area contributed by atoms with Crippen LogP contribution in [0, 0.1) is 5.92 Å². The molecule has 1 unspecified atom stereocenters. The highest BCUT2D eigenvalue weighted by Crippen LogP contribution is 2.26. The van der Waals surface area contributed by atoms with Gasteiger partial charge < -0.3 is 4.90 Å². The van der Waals surface area contributed by atoms with Crippen molar-refractivity contribution in [2.45, 2.75) is 39.0 Å². The van der Waals surface area contributed by atoms with Crippen LogP contribution in [0.4, 0.5) is 0 Å². The second kappa shape index (κ2) is 7.68. The average Bonchev–Trinajstić information content (AvgIpc) is 2.74. The Labute approximate surface area is 156 Å². The Balaban J connectivity index is 1.53. The maximum atomic E-state index is 12.4. The molecular formula is C19H23BrN2O3. The molecule has 1 aromatic carbocycles. The number of carbonyl (C=O) groups is 3. The highest BCUT2D eigenvalue weighted by atomic mass is 79.9. The standard InChI is InChI=1S/C19H23BrN2O3/c1-13-4-2-9-21(11-8-13)17(23)5-3-10-22-18(24)15-7-6-14(20)12-16(15)19(22)25/h6-7,12-13H,2-5,8-11H2,1H3. The second-order valence-corrected chi connectivity index (χ2v) is 7.89. The van der Waals surface area contributed by atoms with Crippen LogP contribution in [0.25, 0.3) is 0 Å². The fourth-order valence-electron chi connectivity index (χ4n) is 3.52. The Hall–Kier alpha value is -1.69. The van der Waals surface area contributed by atoms with Gasteiger partial charge in [0.15, 0.2) is 0 Å². The number of fused-ring (bicyclic) bond motifs is 1. The molecule has 5 nitrogen and oxygen atoms in total. The minimum Gasteiger partial charge on any atom is -0.343 e. The lowest BCUT2D eigenvalue weighted by molar-refractivity contribution is -0.131. The summed E-state index contributed by atoms with van der Waals surface area (Å²) in [6.45, 7) is 4.17. The van der Waals surface area contributed by atoms with Crippen molar-refractivity contribution in [3.8, 4) is 0 Å². The van der Waals surface area contributed by atoms with Gasteiger partial charge in [0.1, 0.15) is 0 Å². The number of carbonyl (C=O) groups excluding carboxylic acids is 3. The SMILES string of the molecule is CC1CCCN(C(=O)CCCN2C(=O)c3ccc(Br)cc3C2=O)CC1. The molecule has 1 atom stereocenters. The van der Waals surface area contributed by atoms with Gasteiger partial charge in [-0.15, -0.1) is 0 Å². The Morgan fingerprint density at radius 2 is 1.92 bits per heavy atom. The molecule has 0 N–H and O–H groups in total. The molecule has 134 valence electrons. The lowest BCUT2D eigenvalue weighted by atomic mass is 10.0. The molecule has 0 spiro atoms. The number of nitrogens with zero attached hydrogens (tertiary/aromatic N) is 2. The van der Waals surface area contributed by atoms with Crippen molar-refractivity contribution in [3.63, 3.8) is 0 Å². The normalized spacial score (nSPS) is 20.6. The largest absolute Gasteiger partial charge is 0.343 e. The fourth-order valence-corrected chi connectivity index (χ4v) is 3.89. The van der Waals surface area contributed by atoms with E-state index in [-0.39, 0.29) is 17.7 Å². The van der Waals surface area contributed by atoms with Gasteiger partial charge in [-0.2, -0.15) is 0 Å². The van der Waals surface area contributed by atoms with Gasteiger partial charge >= 0.3 is 0 Å². The molecule has 2 aliphatic heterocycles. The number of hydrogen-bond donors (Lipinski definition) is 0. The molecule has 0 aromatic heterocycles. The van der Waals surface area contributed by atoms with Crippen molar-refractivity contribution in [2.75, 3.05) is 19.6 Å². The van der Waals surface area contributed by atoms with E-state index < -0.39 is 0 Å². The van der Waals surface area contributed by atoms with Gasteiger partial charge in [0.25, 0.3) is 11.8 Å². The zero-order valence-corrected chi connectivity index (χ0v) is 16.0. The van der Waals surface area contributed by atoms with E-state index in [1.165, 1.54) is 11.3 Å². The van der Waals surface area contributed by atoms with Gasteiger partial charge in [0.2, 0.25) is 5.91 Å². The molecule has 0 bridgehead atoms. The summed E-state index contributed by atoms with van der Waals surface area (Å²) in [6, 6.07) is 5.11. The summed E-state index contributed by atoms with van der Waals surface area (Å²) in [7, 11) is 0. The van der Waals surface area contributed by atoms with Gasteiger partial charge in [0, 0.05) is 30.5 Å². The number of imide groups is 1. The lowest BCUT2D eigenvalue weighted by Crippen LogP contribution is -2.34. The molecule has 25 heavy (non-hydrogen) atoms. The predicted octanol–water partition coefficient (Wildman–Crippen LogP) is 3.47. The van der Waals surface area contributed by atoms with Crippen LogP contribution in [0.15, 0.2) is 22.7 Å². The monoisotopic (exact) mass is 406 g/mol. The predicted molar refractivity (Wildman–Crippen MR) is 98.3 cm³/mol. The summed E-state index contributed by atoms with van der Waals surface area (Å²) in [6.07, 6.45) is 4.18. The van der Waals surface area contributed by atoms with E-state index >= 15 is 0 Å². The molecule has 1 fully saturated rings. The topological polar surface area (TPSA) is 57.7 Å². The maximum Gasteiger partial charge on any atom is 0.261 e. The lowest BCUT2D eigenvalue weighted by Gasteiger charge is -2.21. The summed E-state index contributed by atoms with van der Waals surface area (Å²) in [4.78, 5) is 40.4. The Morgan fingerprint density at radius 3 is 2.72 bits per heavy atom. The minimum atomic E-state index is -0.266. The quantitative estimate of drug-likeness (QED) is 0.719. The van der Waals surface area contributed by atoms with Crippen LogP contribution in [0.1, 0.15) is 59.7 Å². The molecule has 3 rings (SSSR count). The molecule has 0 radical (unpaired) electrons. The summed E-state index contributed by atoms with van der Waals surface area (Å²) < 4.78 is 0.778. The highest BCUT2D eigenvalue weighted by molar-refractivity contribution is 9.10. The molecule has 2 aliphatic rings. The first-order chi connectivity index (χ1) is 12.0. The molecular weight excluding hydrogens is 384 g/mol. The van der Waals surface area contributed by atoms with E-state index in [9.17, 15) is 14.4 Å². The Morgan fingerprint density at radius 1 is 1.16 bits per heavy atom. The van der Waals surface area contributed by atoms with Crippen LogP contribution in [0.2, 0.25) is 0 Å². The van der Waals surface area contributed by atoms with Gasteiger partial charge in [0.05, 0.1) is 11.1 Å². The number of benzene rings is 1. The van der Waals surface area contributed by atoms with Gasteiger partial charge in [-0.05, 0) is 49.8 Å². The first kappa shape index (κ1) is 18.1. The summed E-state index contributed by atoms with van der Waals surface area (Å²) in [5.74, 6) is 0.282. The number of rotatable bonds is 4. The van der Waals surface area contributed by atoms with Crippen LogP contribution >= 0.6 is 15.9 Å². The van der Waals surface area contributed by atoms with Crippen LogP contribution in [0.5, 0.6) is 0 Å². The molecule has 1 saturated heterocycles. The van der Waals surface area contributed by atoms with E-state index in [0.717, 1.165) is 30.4 Å². The van der Waals surface area contributed by atoms with Crippen molar-refractivity contribution in [1.82, 2.24) is 9.80 Å². The van der Waals surface area contributed by atoms with Crippen LogP contribution in [0.3, 0.4) is 0 Å². The Bertz CT molecular complexity index is 704. The summed E-state index contributed by atoms with van der Waals surface area (Å²) in [5, 5.41) is 0. The number of hydrogen-bond acceptors (Lipinski definition) is 3. The van der Waals surface area contributed by atoms with E-state index in [2.05, 4.69) is 22.9 Å². The third-order valence-corrected chi connectivity index (χ3v) is 5.57. The first-order valence-corrected chi connectivity index (χ1v) is 9.70. The zero-order chi connectivity index (χ0) is 18.0. The summed E-state index contributed by atoms with van der Waals surface area (Å²) >= 11 is 3.33. The molecule has 0 aliphatic carbocycles. The van der Waals surface area contributed by atoms with Gasteiger partial charge in [-0.1, -0.05) is 22.9 Å². The van der Waals surface area contributed by atoms with Gasteiger partial charge in [-0.3, -0.25) is 19.3 Å². The average molecular weight is 407 g/mol. The van der Waals surface area contributed by atoms with Crippen molar-refractivity contribution in [2.24, 2.45) is 5.92 Å². The first-order valence-electron chi connectivity index (χ1n) is 8.91. The zero-order valence-electron chi connectivity index (χ0n) is 14.5. The Kier molecular flexibility index (Phi) is 5.57. The summed E-state index contributed by atoms with van der Waals surface area (Å²) in [5.41, 5.74) is 0.883. The molecule has 3 amide bonds. The molecule has 0 saturated carbocycles. The number of halogens is 1. The second-order valence-electron chi connectivity index (χ2n) is 6.97. The maximum absolute atomic E-state index is 12.4. The van der Waals surface area contributed by atoms with E-state index in [1.807, 2.05) is 4.90 Å². The van der Waals surface area contributed by atoms with Crippen molar-refractivity contribution >= 4 is 33.7 Å². The van der Waals surface area contributed by atoms with Crippen molar-refractivity contribution in [1.29, 1.82) is 0 Å². The van der Waals surface area contributed by atoms with E-state index in [1.54, 1.807) is 18.2 Å². The third-order valence-electron chi connectivity index (χ3n) is 5.07.